The molecule has 7 rings (SSSR count). The Morgan fingerprint density at radius 3 is 0.932 bits per heavy atom. The Balaban J connectivity index is 0.000000244. The quantitative estimate of drug-likeness (QED) is 0.0758. The number of benzene rings is 1. The zero-order chi connectivity index (χ0) is 43.0. The van der Waals surface area contributed by atoms with Gasteiger partial charge in [-0.1, -0.05) is 36.4 Å². The van der Waals surface area contributed by atoms with Crippen LogP contribution in [0.15, 0.2) is 146 Å². The molecule has 0 aliphatic heterocycles. The van der Waals surface area contributed by atoms with E-state index in [9.17, 15) is 60.6 Å². The fraction of sp³-hybridized carbons (Fsp3) is 0. The summed E-state index contributed by atoms with van der Waals surface area (Å²) in [4.78, 5) is 26.6. The maximum absolute atomic E-state index is 10.7. The Kier molecular flexibility index (Phi) is 13.7. The van der Waals surface area contributed by atoms with E-state index in [-0.39, 0.29) is 31.0 Å². The topological polar surface area (TPSA) is 118 Å². The number of hydrogen-bond donors (Lipinski definition) is 2. The molecule has 1 aromatic carbocycles. The molecule has 23 heteroatoms. The van der Waals surface area contributed by atoms with Gasteiger partial charge in [0.1, 0.15) is 0 Å². The first kappa shape index (κ1) is 47.7. The van der Waals surface area contributed by atoms with E-state index in [0.29, 0.717) is 11.4 Å². The minimum absolute atomic E-state index is 0. The van der Waals surface area contributed by atoms with Crippen LogP contribution in [0.1, 0.15) is 0 Å². The molecule has 0 amide bonds. The Hall–Kier alpha value is -5.64. The molecule has 2 N–H and O–H groups in total. The van der Waals surface area contributed by atoms with Crippen molar-refractivity contribution in [2.45, 2.75) is 0 Å². The molecule has 0 atom stereocenters. The first-order valence-corrected chi connectivity index (χ1v) is 19.9. The van der Waals surface area contributed by atoms with E-state index in [0.717, 1.165) is 45.3 Å². The molecule has 0 fully saturated rings. The summed E-state index contributed by atoms with van der Waals surface area (Å²) in [6, 6.07) is 37.3. The smallest absolute Gasteiger partial charge is 0.504 e. The number of halogens is 12. The number of pyridine rings is 6. The van der Waals surface area contributed by atoms with Crippen molar-refractivity contribution in [3.63, 3.8) is 0 Å². The van der Waals surface area contributed by atoms with Gasteiger partial charge in [-0.15, -0.1) is 0 Å². The van der Waals surface area contributed by atoms with Gasteiger partial charge in [-0.3, -0.25) is 19.9 Å². The SMILES string of the molecule is F[P-](F)(F)(F)(F)F.F[P-](F)(F)(F)(F)F.Oc1ccc(-c2cc(-c3ccccn3)nc(-c3ccccn3)c2)cc1O.[Ru+2].c1ccc(-c2cccc(-c3ccccn3)n2)nc1. The molecular formula is C36H26F12N6O2P2Ru. The summed E-state index contributed by atoms with van der Waals surface area (Å²) in [5, 5.41) is 19.4. The molecule has 0 bridgehead atoms. The van der Waals surface area contributed by atoms with Gasteiger partial charge in [0.25, 0.3) is 0 Å². The molecule has 314 valence electrons. The van der Waals surface area contributed by atoms with E-state index in [2.05, 4.69) is 24.9 Å². The van der Waals surface area contributed by atoms with Crippen molar-refractivity contribution < 1.29 is 80.1 Å². The van der Waals surface area contributed by atoms with Crippen molar-refractivity contribution in [2.24, 2.45) is 0 Å². The van der Waals surface area contributed by atoms with Gasteiger partial charge in [-0.2, -0.15) is 0 Å². The van der Waals surface area contributed by atoms with Crippen molar-refractivity contribution in [3.05, 3.63) is 146 Å². The molecule has 6 heterocycles. The molecule has 6 aromatic heterocycles. The van der Waals surface area contributed by atoms with E-state index in [1.807, 2.05) is 103 Å². The number of hydrogen-bond acceptors (Lipinski definition) is 8. The van der Waals surface area contributed by atoms with Gasteiger partial charge in [-0.05, 0) is 96.1 Å². The summed E-state index contributed by atoms with van der Waals surface area (Å²) in [6.07, 6.45) is 6.97. The van der Waals surface area contributed by atoms with Crippen LogP contribution in [0.3, 0.4) is 0 Å². The zero-order valence-corrected chi connectivity index (χ0v) is 32.7. The van der Waals surface area contributed by atoms with Crippen LogP contribution in [-0.2, 0) is 19.5 Å². The second-order valence-electron chi connectivity index (χ2n) is 11.5. The summed E-state index contributed by atoms with van der Waals surface area (Å²) in [5.74, 6) is -0.323. The molecule has 0 radical (unpaired) electrons. The molecule has 7 aromatic rings. The number of rotatable bonds is 5. The van der Waals surface area contributed by atoms with Crippen molar-refractivity contribution in [3.8, 4) is 68.2 Å². The Bertz CT molecular complexity index is 2300. The molecule has 0 saturated heterocycles. The van der Waals surface area contributed by atoms with Crippen LogP contribution in [0.5, 0.6) is 11.5 Å². The summed E-state index contributed by atoms with van der Waals surface area (Å²) in [7, 11) is -21.3. The van der Waals surface area contributed by atoms with Crippen LogP contribution in [-0.4, -0.2) is 40.1 Å². The summed E-state index contributed by atoms with van der Waals surface area (Å²) < 4.78 is 118. The molecule has 0 saturated carbocycles. The van der Waals surface area contributed by atoms with Crippen molar-refractivity contribution in [2.75, 3.05) is 0 Å². The fourth-order valence-electron chi connectivity index (χ4n) is 4.44. The van der Waals surface area contributed by atoms with Crippen molar-refractivity contribution in [1.29, 1.82) is 0 Å². The normalized spacial score (nSPS) is 13.3. The number of phenolic OH excluding ortho intramolecular Hbond substituents is 2. The van der Waals surface area contributed by atoms with Gasteiger partial charge in [0, 0.05) is 24.8 Å². The first-order valence-electron chi connectivity index (χ1n) is 15.8. The van der Waals surface area contributed by atoms with E-state index in [4.69, 9.17) is 4.98 Å². The van der Waals surface area contributed by atoms with Gasteiger partial charge >= 0.3 is 85.5 Å². The van der Waals surface area contributed by atoms with Crippen LogP contribution < -0.4 is 0 Å². The largest absolute Gasteiger partial charge is 2.00 e. The van der Waals surface area contributed by atoms with Gasteiger partial charge in [0.2, 0.25) is 0 Å². The average molecular weight is 966 g/mol. The predicted octanol–water partition coefficient (Wildman–Crippen LogP) is 14.3. The molecule has 0 aliphatic rings. The third kappa shape index (κ3) is 20.1. The van der Waals surface area contributed by atoms with Crippen LogP contribution >= 0.6 is 15.6 Å². The van der Waals surface area contributed by atoms with Crippen molar-refractivity contribution in [1.82, 2.24) is 29.9 Å². The number of nitrogens with zero attached hydrogens (tertiary/aromatic N) is 6. The van der Waals surface area contributed by atoms with E-state index in [1.165, 1.54) is 12.1 Å². The molecule has 8 nitrogen and oxygen atoms in total. The minimum atomic E-state index is -10.7. The molecule has 59 heavy (non-hydrogen) atoms. The van der Waals surface area contributed by atoms with Gasteiger partial charge in [0.05, 0.1) is 45.6 Å². The Labute approximate surface area is 339 Å². The predicted molar refractivity (Wildman–Crippen MR) is 197 cm³/mol. The minimum Gasteiger partial charge on any atom is -0.504 e. The zero-order valence-electron chi connectivity index (χ0n) is 29.2. The number of phenols is 2. The van der Waals surface area contributed by atoms with Crippen LogP contribution in [0.4, 0.5) is 50.4 Å². The standard InChI is InChI=1S/C21H15N3O2.C15H11N3.2F6P.Ru/c25-20-8-7-14(13-21(20)26)15-11-18(16-5-1-3-9-22-16)24-19(12-15)17-6-2-4-10-23-17;1-3-10-16-12(6-1)14-8-5-9-15(18-14)13-7-2-4-11-17-13;2*1-7(2,3,4,5)6;/h1-13,25-26H;1-11H;;;/q;;2*-1;+2. The van der Waals surface area contributed by atoms with Gasteiger partial charge in [-0.25, -0.2) is 9.97 Å². The van der Waals surface area contributed by atoms with Crippen molar-refractivity contribution >= 4 is 15.6 Å². The molecule has 0 aliphatic carbocycles. The Morgan fingerprint density at radius 2 is 0.627 bits per heavy atom. The maximum Gasteiger partial charge on any atom is 2.00 e. The molecule has 0 unspecified atom stereocenters. The summed E-state index contributed by atoms with van der Waals surface area (Å²) in [6.45, 7) is 0. The second-order valence-corrected chi connectivity index (χ2v) is 15.3. The third-order valence-electron chi connectivity index (χ3n) is 6.59. The monoisotopic (exact) mass is 966 g/mol. The van der Waals surface area contributed by atoms with Crippen LogP contribution in [0.2, 0.25) is 0 Å². The van der Waals surface area contributed by atoms with E-state index in [1.54, 1.807) is 30.9 Å². The summed E-state index contributed by atoms with van der Waals surface area (Å²) >= 11 is 0. The maximum atomic E-state index is 9.87. The first-order chi connectivity index (χ1) is 26.5. The van der Waals surface area contributed by atoms with Crippen LogP contribution in [0.25, 0.3) is 56.7 Å². The molecular weight excluding hydrogens is 939 g/mol. The van der Waals surface area contributed by atoms with E-state index >= 15 is 0 Å². The van der Waals surface area contributed by atoms with E-state index < -0.39 is 15.6 Å². The third-order valence-corrected chi connectivity index (χ3v) is 6.59. The van der Waals surface area contributed by atoms with Gasteiger partial charge in [0.15, 0.2) is 11.5 Å². The molecule has 0 spiro atoms. The Morgan fingerprint density at radius 1 is 0.322 bits per heavy atom. The van der Waals surface area contributed by atoms with Crippen LogP contribution in [0, 0.1) is 0 Å². The second kappa shape index (κ2) is 16.9. The average Bonchev–Trinajstić information content (AvgIpc) is 3.15. The fourth-order valence-corrected chi connectivity index (χ4v) is 4.44. The number of aromatic hydroxyl groups is 2. The van der Waals surface area contributed by atoms with Gasteiger partial charge < -0.3 is 10.2 Å². The number of aromatic nitrogens is 6. The summed E-state index contributed by atoms with van der Waals surface area (Å²) in [5.41, 5.74) is 7.97.